The minimum absolute atomic E-state index is 0.318. The predicted octanol–water partition coefficient (Wildman–Crippen LogP) is 4.82. The van der Waals surface area contributed by atoms with Crippen molar-refractivity contribution in [1.82, 2.24) is 15.6 Å². The monoisotopic (exact) mass is 440 g/mol. The van der Waals surface area contributed by atoms with Crippen molar-refractivity contribution < 1.29 is 14.3 Å². The smallest absolute Gasteiger partial charge is 0.289 e. The van der Waals surface area contributed by atoms with Gasteiger partial charge in [-0.15, -0.1) is 0 Å². The van der Waals surface area contributed by atoms with Crippen LogP contribution in [0.25, 0.3) is 11.3 Å². The molecule has 0 fully saturated rings. The van der Waals surface area contributed by atoms with Crippen LogP contribution >= 0.6 is 0 Å². The number of benzene rings is 3. The fourth-order valence-corrected chi connectivity index (χ4v) is 3.09. The molecular weight excluding hydrogens is 416 g/mol. The van der Waals surface area contributed by atoms with E-state index in [1.807, 2.05) is 85.8 Å². The Hall–Kier alpha value is -4.39. The third kappa shape index (κ3) is 6.07. The Morgan fingerprint density at radius 2 is 1.67 bits per heavy atom. The highest BCUT2D eigenvalue weighted by Gasteiger charge is 2.10. The van der Waals surface area contributed by atoms with Gasteiger partial charge in [-0.2, -0.15) is 10.2 Å². The highest BCUT2D eigenvalue weighted by Crippen LogP contribution is 2.22. The number of hydrogen-bond acceptors (Lipinski definition) is 5. The van der Waals surface area contributed by atoms with Crippen molar-refractivity contribution in [2.75, 3.05) is 6.61 Å². The molecule has 0 saturated carbocycles. The lowest BCUT2D eigenvalue weighted by molar-refractivity contribution is 0.0950. The zero-order chi connectivity index (χ0) is 22.9. The second-order valence-corrected chi connectivity index (χ2v) is 7.17. The molecule has 0 aliphatic carbocycles. The van der Waals surface area contributed by atoms with E-state index < -0.39 is 0 Å². The van der Waals surface area contributed by atoms with E-state index in [2.05, 4.69) is 20.7 Å². The minimum atomic E-state index is -0.376. The molecular formula is C26H24N4O3. The highest BCUT2D eigenvalue weighted by atomic mass is 16.5. The van der Waals surface area contributed by atoms with Gasteiger partial charge >= 0.3 is 0 Å². The predicted molar refractivity (Wildman–Crippen MR) is 127 cm³/mol. The van der Waals surface area contributed by atoms with Crippen molar-refractivity contribution in [2.45, 2.75) is 13.5 Å². The number of carbonyl (C=O) groups is 1. The molecule has 0 bridgehead atoms. The number of H-pyrrole nitrogens is 1. The van der Waals surface area contributed by atoms with E-state index in [0.29, 0.717) is 24.6 Å². The number of carbonyl (C=O) groups excluding carboxylic acids is 1. The number of nitrogens with zero attached hydrogens (tertiary/aromatic N) is 2. The van der Waals surface area contributed by atoms with E-state index in [-0.39, 0.29) is 5.91 Å². The molecule has 4 rings (SSSR count). The van der Waals surface area contributed by atoms with E-state index in [1.165, 1.54) is 0 Å². The van der Waals surface area contributed by atoms with Crippen LogP contribution in [0.3, 0.4) is 0 Å². The molecule has 2 N–H and O–H groups in total. The molecule has 1 heterocycles. The second-order valence-electron chi connectivity index (χ2n) is 7.17. The van der Waals surface area contributed by atoms with E-state index in [4.69, 9.17) is 9.47 Å². The van der Waals surface area contributed by atoms with Crippen LogP contribution in [0.5, 0.6) is 11.5 Å². The van der Waals surface area contributed by atoms with Gasteiger partial charge in [-0.1, -0.05) is 30.3 Å². The fourth-order valence-electron chi connectivity index (χ4n) is 3.09. The Kier molecular flexibility index (Phi) is 7.12. The normalized spacial score (nSPS) is 10.8. The lowest BCUT2D eigenvalue weighted by Crippen LogP contribution is -2.17. The number of amides is 1. The van der Waals surface area contributed by atoms with Crippen LogP contribution in [0.2, 0.25) is 0 Å². The molecule has 0 spiro atoms. The van der Waals surface area contributed by atoms with Crippen LogP contribution in [0, 0.1) is 0 Å². The van der Waals surface area contributed by atoms with Crippen molar-refractivity contribution >= 4 is 12.1 Å². The third-order valence-corrected chi connectivity index (χ3v) is 4.79. The Labute approximate surface area is 192 Å². The summed E-state index contributed by atoms with van der Waals surface area (Å²) in [7, 11) is 0. The summed E-state index contributed by atoms with van der Waals surface area (Å²) in [4.78, 5) is 12.4. The van der Waals surface area contributed by atoms with Crippen LogP contribution in [0.4, 0.5) is 0 Å². The first-order valence-corrected chi connectivity index (χ1v) is 10.6. The average Bonchev–Trinajstić information content (AvgIpc) is 3.35. The topological polar surface area (TPSA) is 88.6 Å². The summed E-state index contributed by atoms with van der Waals surface area (Å²) in [5.74, 6) is 1.18. The van der Waals surface area contributed by atoms with Gasteiger partial charge in [0.25, 0.3) is 5.91 Å². The number of nitrogens with one attached hydrogen (secondary N) is 2. The maximum absolute atomic E-state index is 12.4. The van der Waals surface area contributed by atoms with Crippen LogP contribution in [0.1, 0.15) is 28.5 Å². The fraction of sp³-hybridized carbons (Fsp3) is 0.115. The summed E-state index contributed by atoms with van der Waals surface area (Å²) >= 11 is 0. The zero-order valence-corrected chi connectivity index (χ0v) is 18.2. The van der Waals surface area contributed by atoms with Crippen molar-refractivity contribution in [2.24, 2.45) is 5.10 Å². The van der Waals surface area contributed by atoms with Gasteiger partial charge in [-0.3, -0.25) is 9.89 Å². The molecule has 33 heavy (non-hydrogen) atoms. The Balaban J connectivity index is 1.31. The van der Waals surface area contributed by atoms with Gasteiger partial charge in [-0.25, -0.2) is 5.43 Å². The van der Waals surface area contributed by atoms with Crippen molar-refractivity contribution in [1.29, 1.82) is 0 Å². The number of hydrazone groups is 1. The summed E-state index contributed by atoms with van der Waals surface area (Å²) < 4.78 is 11.2. The van der Waals surface area contributed by atoms with Crippen LogP contribution < -0.4 is 14.9 Å². The van der Waals surface area contributed by atoms with Gasteiger partial charge in [0.15, 0.2) is 0 Å². The summed E-state index contributed by atoms with van der Waals surface area (Å²) in [6.07, 6.45) is 1.57. The van der Waals surface area contributed by atoms with Gasteiger partial charge in [0, 0.05) is 5.56 Å². The standard InChI is InChI=1S/C26H24N4O3/c1-2-32-22-12-8-19(9-13-22)17-27-30-26(31)25-16-24(28-29-25)21-10-14-23(15-11-21)33-18-20-6-4-3-5-7-20/h3-17H,2,18H2,1H3,(H,28,29)(H,30,31)/b27-17-. The zero-order valence-electron chi connectivity index (χ0n) is 18.2. The molecule has 0 unspecified atom stereocenters. The Morgan fingerprint density at radius 1 is 0.970 bits per heavy atom. The molecule has 0 saturated heterocycles. The molecule has 4 aromatic rings. The molecule has 7 nitrogen and oxygen atoms in total. The van der Waals surface area contributed by atoms with E-state index in [1.54, 1.807) is 12.3 Å². The van der Waals surface area contributed by atoms with E-state index in [0.717, 1.165) is 28.2 Å². The number of rotatable bonds is 9. The van der Waals surface area contributed by atoms with Gasteiger partial charge < -0.3 is 9.47 Å². The molecule has 0 aliphatic heterocycles. The SMILES string of the molecule is CCOc1ccc(/C=N\NC(=O)c2cc(-c3ccc(OCc4ccccc4)cc3)n[nH]2)cc1. The van der Waals surface area contributed by atoms with Gasteiger partial charge in [0.1, 0.15) is 23.8 Å². The number of hydrogen-bond donors (Lipinski definition) is 2. The lowest BCUT2D eigenvalue weighted by atomic mass is 10.1. The Morgan fingerprint density at radius 3 is 2.39 bits per heavy atom. The van der Waals surface area contributed by atoms with Crippen molar-refractivity contribution in [3.05, 3.63) is 102 Å². The maximum Gasteiger partial charge on any atom is 0.289 e. The molecule has 1 aromatic heterocycles. The number of aromatic amines is 1. The second kappa shape index (κ2) is 10.8. The van der Waals surface area contributed by atoms with E-state index in [9.17, 15) is 4.79 Å². The summed E-state index contributed by atoms with van der Waals surface area (Å²) in [5.41, 5.74) is 6.30. The molecule has 0 aliphatic rings. The molecule has 1 amide bonds. The first kappa shape index (κ1) is 21.8. The number of aromatic nitrogens is 2. The maximum atomic E-state index is 12.4. The first-order valence-electron chi connectivity index (χ1n) is 10.6. The lowest BCUT2D eigenvalue weighted by Gasteiger charge is -2.06. The van der Waals surface area contributed by atoms with Gasteiger partial charge in [-0.05, 0) is 72.6 Å². The highest BCUT2D eigenvalue weighted by molar-refractivity contribution is 5.94. The summed E-state index contributed by atoms with van der Waals surface area (Å²) in [5, 5.41) is 11.0. The van der Waals surface area contributed by atoms with Crippen LogP contribution in [-0.2, 0) is 6.61 Å². The largest absolute Gasteiger partial charge is 0.494 e. The van der Waals surface area contributed by atoms with Crippen LogP contribution in [0.15, 0.2) is 90.0 Å². The van der Waals surface area contributed by atoms with Gasteiger partial charge in [0.05, 0.1) is 18.5 Å². The average molecular weight is 441 g/mol. The van der Waals surface area contributed by atoms with Crippen molar-refractivity contribution in [3.8, 4) is 22.8 Å². The quantitative estimate of drug-likeness (QED) is 0.289. The molecule has 0 radical (unpaired) electrons. The van der Waals surface area contributed by atoms with Crippen LogP contribution in [-0.4, -0.2) is 28.9 Å². The summed E-state index contributed by atoms with van der Waals surface area (Å²) in [6, 6.07) is 26.7. The van der Waals surface area contributed by atoms with E-state index >= 15 is 0 Å². The molecule has 0 atom stereocenters. The molecule has 7 heteroatoms. The van der Waals surface area contributed by atoms with Crippen molar-refractivity contribution in [3.63, 3.8) is 0 Å². The molecule has 166 valence electrons. The minimum Gasteiger partial charge on any atom is -0.494 e. The molecule has 3 aromatic carbocycles. The summed E-state index contributed by atoms with van der Waals surface area (Å²) in [6.45, 7) is 3.05. The van der Waals surface area contributed by atoms with Gasteiger partial charge in [0.2, 0.25) is 0 Å². The third-order valence-electron chi connectivity index (χ3n) is 4.79. The first-order chi connectivity index (χ1) is 16.2. The number of ether oxygens (including phenoxy) is 2. The Bertz CT molecular complexity index is 1200.